The second-order valence-corrected chi connectivity index (χ2v) is 8.87. The minimum atomic E-state index is -0.146. The van der Waals surface area contributed by atoms with Crippen LogP contribution in [0.4, 0.5) is 4.39 Å². The molecule has 0 aliphatic carbocycles. The summed E-state index contributed by atoms with van der Waals surface area (Å²) in [4.78, 5) is 22.8. The quantitative estimate of drug-likeness (QED) is 0.386. The van der Waals surface area contributed by atoms with Crippen LogP contribution in [-0.2, 0) is 0 Å². The first-order valence-electron chi connectivity index (χ1n) is 11.8. The van der Waals surface area contributed by atoms with Crippen LogP contribution in [0.1, 0.15) is 41.1 Å². The topological polar surface area (TPSA) is 70.2 Å². The zero-order chi connectivity index (χ0) is 23.5. The van der Waals surface area contributed by atoms with E-state index >= 15 is 0 Å². The van der Waals surface area contributed by atoms with E-state index in [2.05, 4.69) is 20.2 Å². The third kappa shape index (κ3) is 4.48. The summed E-state index contributed by atoms with van der Waals surface area (Å²) in [5.74, 6) is 0.833. The fourth-order valence-electron chi connectivity index (χ4n) is 5.01. The van der Waals surface area contributed by atoms with Crippen LogP contribution in [0.2, 0.25) is 0 Å². The number of H-pyrrole nitrogens is 1. The maximum atomic E-state index is 14.4. The number of carbonyl (C=O) groups is 1. The smallest absolute Gasteiger partial charge is 0.252 e. The van der Waals surface area contributed by atoms with E-state index in [9.17, 15) is 9.18 Å². The highest BCUT2D eigenvalue weighted by molar-refractivity contribution is 6.06. The highest BCUT2D eigenvalue weighted by Gasteiger charge is 2.23. The molecule has 176 valence electrons. The van der Waals surface area contributed by atoms with Gasteiger partial charge in [-0.05, 0) is 86.8 Å². The Morgan fingerprint density at radius 2 is 2.09 bits per heavy atom. The van der Waals surface area contributed by atoms with Gasteiger partial charge in [0.1, 0.15) is 11.6 Å². The van der Waals surface area contributed by atoms with Gasteiger partial charge in [-0.15, -0.1) is 0 Å². The van der Waals surface area contributed by atoms with Crippen LogP contribution in [-0.4, -0.2) is 54.1 Å². The van der Waals surface area contributed by atoms with Crippen molar-refractivity contribution in [2.24, 2.45) is 0 Å². The first-order valence-corrected chi connectivity index (χ1v) is 11.8. The van der Waals surface area contributed by atoms with Crippen LogP contribution < -0.4 is 10.1 Å². The Labute approximate surface area is 198 Å². The third-order valence-electron chi connectivity index (χ3n) is 6.84. The van der Waals surface area contributed by atoms with Crippen LogP contribution in [0.25, 0.3) is 21.8 Å². The normalized spacial score (nSPS) is 15.1. The number of nitrogens with zero attached hydrogens (tertiary/aromatic N) is 2. The van der Waals surface area contributed by atoms with E-state index in [1.54, 1.807) is 25.4 Å². The van der Waals surface area contributed by atoms with E-state index < -0.39 is 0 Å². The van der Waals surface area contributed by atoms with Crippen molar-refractivity contribution < 1.29 is 13.9 Å². The number of rotatable bonds is 7. The molecule has 34 heavy (non-hydrogen) atoms. The Bertz CT molecular complexity index is 1310. The number of aromatic nitrogens is 2. The summed E-state index contributed by atoms with van der Waals surface area (Å²) in [6.45, 7) is 3.50. The number of carbonyl (C=O) groups excluding carboxylic acids is 1. The lowest BCUT2D eigenvalue weighted by Gasteiger charge is -2.32. The van der Waals surface area contributed by atoms with Crippen molar-refractivity contribution in [2.75, 3.05) is 33.3 Å². The fraction of sp³-hybridized carbons (Fsp3) is 0.333. The Hall–Kier alpha value is -3.45. The van der Waals surface area contributed by atoms with Gasteiger partial charge >= 0.3 is 0 Å². The number of nitrogens with one attached hydrogen (secondary N) is 2. The Morgan fingerprint density at radius 3 is 2.91 bits per heavy atom. The highest BCUT2D eigenvalue weighted by atomic mass is 19.1. The number of aromatic amines is 1. The van der Waals surface area contributed by atoms with Crippen LogP contribution in [0.5, 0.6) is 5.75 Å². The molecule has 2 N–H and O–H groups in total. The molecule has 0 unspecified atom stereocenters. The van der Waals surface area contributed by atoms with E-state index in [0.717, 1.165) is 66.3 Å². The van der Waals surface area contributed by atoms with Crippen LogP contribution >= 0.6 is 0 Å². The van der Waals surface area contributed by atoms with Gasteiger partial charge in [-0.2, -0.15) is 0 Å². The summed E-state index contributed by atoms with van der Waals surface area (Å²) in [6.07, 6.45) is 6.54. The number of fused-ring (bicyclic) bond motifs is 2. The minimum absolute atomic E-state index is 0.0966. The molecule has 1 amide bonds. The molecule has 4 aromatic rings. The van der Waals surface area contributed by atoms with E-state index in [4.69, 9.17) is 4.74 Å². The molecule has 7 heteroatoms. The van der Waals surface area contributed by atoms with Crippen molar-refractivity contribution in [2.45, 2.75) is 25.2 Å². The molecular formula is C27H29FN4O2. The molecule has 0 radical (unpaired) electrons. The number of amides is 1. The Balaban J connectivity index is 1.12. The van der Waals surface area contributed by atoms with Gasteiger partial charge in [0.2, 0.25) is 0 Å². The number of likely N-dealkylation sites (tertiary alicyclic amines) is 1. The second kappa shape index (κ2) is 9.81. The molecule has 2 aromatic heterocycles. The Morgan fingerprint density at radius 1 is 1.24 bits per heavy atom. The molecule has 1 fully saturated rings. The highest BCUT2D eigenvalue weighted by Crippen LogP contribution is 2.34. The van der Waals surface area contributed by atoms with Crippen molar-refractivity contribution in [1.29, 1.82) is 0 Å². The van der Waals surface area contributed by atoms with Gasteiger partial charge in [0.25, 0.3) is 5.91 Å². The molecule has 1 aliphatic rings. The number of piperidine rings is 1. The number of hydrogen-bond acceptors (Lipinski definition) is 4. The third-order valence-corrected chi connectivity index (χ3v) is 6.84. The first kappa shape index (κ1) is 22.3. The average molecular weight is 461 g/mol. The molecule has 0 bridgehead atoms. The van der Waals surface area contributed by atoms with Gasteiger partial charge in [-0.3, -0.25) is 9.78 Å². The van der Waals surface area contributed by atoms with Crippen LogP contribution in [0.15, 0.2) is 54.9 Å². The lowest BCUT2D eigenvalue weighted by atomic mass is 9.89. The van der Waals surface area contributed by atoms with Crippen molar-refractivity contribution >= 4 is 27.7 Å². The number of halogens is 1. The van der Waals surface area contributed by atoms with Crippen molar-refractivity contribution in [1.82, 2.24) is 20.2 Å². The zero-order valence-electron chi connectivity index (χ0n) is 19.3. The molecule has 0 spiro atoms. The van der Waals surface area contributed by atoms with Gasteiger partial charge < -0.3 is 19.9 Å². The maximum absolute atomic E-state index is 14.4. The maximum Gasteiger partial charge on any atom is 0.252 e. The lowest BCUT2D eigenvalue weighted by Crippen LogP contribution is -2.35. The molecule has 0 saturated carbocycles. The summed E-state index contributed by atoms with van der Waals surface area (Å²) >= 11 is 0. The summed E-state index contributed by atoms with van der Waals surface area (Å²) < 4.78 is 19.7. The van der Waals surface area contributed by atoms with Crippen molar-refractivity contribution in [3.05, 3.63) is 71.8 Å². The van der Waals surface area contributed by atoms with Crippen molar-refractivity contribution in [3.63, 3.8) is 0 Å². The number of methoxy groups -OCH3 is 1. The number of benzene rings is 2. The van der Waals surface area contributed by atoms with E-state index in [-0.39, 0.29) is 11.7 Å². The number of pyridine rings is 1. The summed E-state index contributed by atoms with van der Waals surface area (Å²) in [5, 5.41) is 4.57. The molecule has 2 aromatic carbocycles. The molecule has 6 nitrogen and oxygen atoms in total. The number of hydrogen-bond donors (Lipinski definition) is 2. The van der Waals surface area contributed by atoms with Gasteiger partial charge in [-0.1, -0.05) is 6.07 Å². The summed E-state index contributed by atoms with van der Waals surface area (Å²) in [6, 6.07) is 12.5. The van der Waals surface area contributed by atoms with E-state index in [1.165, 1.54) is 6.07 Å². The summed E-state index contributed by atoms with van der Waals surface area (Å²) in [7, 11) is 1.61. The summed E-state index contributed by atoms with van der Waals surface area (Å²) in [5.41, 5.74) is 3.34. The largest absolute Gasteiger partial charge is 0.497 e. The lowest BCUT2D eigenvalue weighted by molar-refractivity contribution is 0.0952. The van der Waals surface area contributed by atoms with Gasteiger partial charge in [0.15, 0.2) is 0 Å². The molecule has 5 rings (SSSR count). The predicted octanol–water partition coefficient (Wildman–Crippen LogP) is 4.86. The second-order valence-electron chi connectivity index (χ2n) is 8.87. The van der Waals surface area contributed by atoms with Crippen LogP contribution in [0.3, 0.4) is 0 Å². The molecule has 3 heterocycles. The molecule has 0 atom stereocenters. The average Bonchev–Trinajstić information content (AvgIpc) is 3.32. The molecular weight excluding hydrogens is 431 g/mol. The predicted molar refractivity (Wildman–Crippen MR) is 132 cm³/mol. The standard InChI is InChI=1S/C27H29FN4O2/c1-34-19-6-7-24-21(16-19)20(8-12-29-24)27(33)30-11-3-13-32-14-9-18(10-15-32)22-17-31-25-5-2-4-23(28)26(22)25/h2,4-8,12,16-18,31H,3,9-11,13-15H2,1H3,(H,30,33). The van der Waals surface area contributed by atoms with Gasteiger partial charge in [-0.25, -0.2) is 4.39 Å². The zero-order valence-corrected chi connectivity index (χ0v) is 19.3. The minimum Gasteiger partial charge on any atom is -0.497 e. The monoisotopic (exact) mass is 460 g/mol. The van der Waals surface area contributed by atoms with Crippen molar-refractivity contribution in [3.8, 4) is 5.75 Å². The Kier molecular flexibility index (Phi) is 6.45. The van der Waals surface area contributed by atoms with E-state index in [0.29, 0.717) is 23.8 Å². The fourth-order valence-corrected chi connectivity index (χ4v) is 5.01. The number of ether oxygens (including phenoxy) is 1. The van der Waals surface area contributed by atoms with Crippen LogP contribution in [0, 0.1) is 5.82 Å². The van der Waals surface area contributed by atoms with Gasteiger partial charge in [0, 0.05) is 35.2 Å². The molecule has 1 aliphatic heterocycles. The first-order chi connectivity index (χ1) is 16.6. The SMILES string of the molecule is COc1ccc2nccc(C(=O)NCCCN3CCC(c4c[nH]c5cccc(F)c45)CC3)c2c1. The molecule has 1 saturated heterocycles. The van der Waals surface area contributed by atoms with E-state index in [1.807, 2.05) is 30.5 Å². The van der Waals surface area contributed by atoms with Gasteiger partial charge in [0.05, 0.1) is 18.2 Å².